The van der Waals surface area contributed by atoms with Crippen LogP contribution in [0.1, 0.15) is 31.2 Å². The van der Waals surface area contributed by atoms with Crippen molar-refractivity contribution in [3.05, 3.63) is 35.9 Å². The summed E-state index contributed by atoms with van der Waals surface area (Å²) in [4.78, 5) is 35.8. The maximum absolute atomic E-state index is 12.1. The molecular weight excluding hydrogens is 308 g/mol. The van der Waals surface area contributed by atoms with E-state index in [1.54, 1.807) is 0 Å². The molecule has 3 rings (SSSR count). The summed E-state index contributed by atoms with van der Waals surface area (Å²) in [6.45, 7) is 0.648. The second-order valence-electron chi connectivity index (χ2n) is 6.33. The lowest BCUT2D eigenvalue weighted by atomic mass is 9.92. The zero-order valence-corrected chi connectivity index (χ0v) is 13.5. The minimum atomic E-state index is -0.543. The number of Topliss-reactive ketones (excluding diaryl/α,β-unsaturated/α-hetero) is 1. The molecule has 1 aromatic carbocycles. The van der Waals surface area contributed by atoms with Crippen LogP contribution in [0.5, 0.6) is 0 Å². The van der Waals surface area contributed by atoms with Crippen LogP contribution in [-0.4, -0.2) is 42.4 Å². The summed E-state index contributed by atoms with van der Waals surface area (Å²) in [5.74, 6) is -0.287. The zero-order chi connectivity index (χ0) is 16.9. The van der Waals surface area contributed by atoms with E-state index in [0.717, 1.165) is 18.4 Å². The van der Waals surface area contributed by atoms with E-state index in [0.29, 0.717) is 19.4 Å². The fraction of sp³-hybridized carbons (Fsp3) is 0.500. The summed E-state index contributed by atoms with van der Waals surface area (Å²) >= 11 is 0. The summed E-state index contributed by atoms with van der Waals surface area (Å²) in [7, 11) is 0. The van der Waals surface area contributed by atoms with E-state index in [9.17, 15) is 14.4 Å². The van der Waals surface area contributed by atoms with Gasteiger partial charge in [0.1, 0.15) is 12.1 Å². The predicted octanol–water partition coefficient (Wildman–Crippen LogP) is 0.741. The van der Waals surface area contributed by atoms with E-state index in [-0.39, 0.29) is 36.2 Å². The number of rotatable bonds is 7. The van der Waals surface area contributed by atoms with Gasteiger partial charge >= 0.3 is 0 Å². The Bertz CT molecular complexity index is 611. The minimum absolute atomic E-state index is 0.0861. The van der Waals surface area contributed by atoms with Crippen LogP contribution in [0.15, 0.2) is 30.3 Å². The van der Waals surface area contributed by atoms with Gasteiger partial charge in [0, 0.05) is 13.0 Å². The normalized spacial score (nSPS) is 25.7. The fourth-order valence-electron chi connectivity index (χ4n) is 3.14. The molecule has 0 bridgehead atoms. The van der Waals surface area contributed by atoms with Crippen LogP contribution in [0.2, 0.25) is 0 Å². The van der Waals surface area contributed by atoms with E-state index >= 15 is 0 Å². The van der Waals surface area contributed by atoms with Gasteiger partial charge in [0.2, 0.25) is 11.8 Å². The molecular formula is C18H22N2O4. The van der Waals surface area contributed by atoms with Crippen molar-refractivity contribution in [3.8, 4) is 0 Å². The Morgan fingerprint density at radius 3 is 2.71 bits per heavy atom. The lowest BCUT2D eigenvalue weighted by molar-refractivity contribution is -0.137. The molecule has 2 saturated heterocycles. The highest BCUT2D eigenvalue weighted by Gasteiger charge is 2.40. The molecule has 1 aromatic rings. The molecule has 2 N–H and O–H groups in total. The van der Waals surface area contributed by atoms with E-state index in [2.05, 4.69) is 10.6 Å². The number of carbonyl (C=O) groups is 3. The monoisotopic (exact) mass is 330 g/mol. The second-order valence-corrected chi connectivity index (χ2v) is 6.33. The minimum Gasteiger partial charge on any atom is -0.370 e. The summed E-state index contributed by atoms with van der Waals surface area (Å²) in [5, 5.41) is 5.53. The number of benzene rings is 1. The van der Waals surface area contributed by atoms with Crippen molar-refractivity contribution >= 4 is 17.6 Å². The van der Waals surface area contributed by atoms with Crippen molar-refractivity contribution in [3.63, 3.8) is 0 Å². The number of nitrogens with one attached hydrogen (secondary N) is 2. The Hall–Kier alpha value is -2.21. The van der Waals surface area contributed by atoms with Crippen molar-refractivity contribution in [2.24, 2.45) is 0 Å². The standard InChI is InChI=1S/C18H22N2O4/c21-14(15-7-4-10-24-15)9-8-13-17(18(23)19-13)20-16(22)11-12-5-2-1-3-6-12/h1-3,5-6,13,15,17H,4,7-11H2,(H,19,23)(H,20,22)/t13-,15+,17+/m1/s1. The fourth-order valence-corrected chi connectivity index (χ4v) is 3.14. The molecule has 128 valence electrons. The van der Waals surface area contributed by atoms with Gasteiger partial charge in [0.15, 0.2) is 5.78 Å². The number of amides is 2. The molecule has 0 saturated carbocycles. The first-order valence-electron chi connectivity index (χ1n) is 8.41. The largest absolute Gasteiger partial charge is 0.370 e. The lowest BCUT2D eigenvalue weighted by Gasteiger charge is -2.37. The number of β-lactam (4-membered cyclic amide) rings is 1. The highest BCUT2D eigenvalue weighted by molar-refractivity contribution is 5.94. The van der Waals surface area contributed by atoms with Crippen molar-refractivity contribution in [2.45, 2.75) is 50.3 Å². The van der Waals surface area contributed by atoms with Crippen molar-refractivity contribution in [2.75, 3.05) is 6.61 Å². The molecule has 2 heterocycles. The Morgan fingerprint density at radius 2 is 2.04 bits per heavy atom. The van der Waals surface area contributed by atoms with Gasteiger partial charge in [0.25, 0.3) is 0 Å². The predicted molar refractivity (Wildman–Crippen MR) is 87.2 cm³/mol. The first-order chi connectivity index (χ1) is 11.6. The number of ketones is 1. The molecule has 2 fully saturated rings. The molecule has 0 spiro atoms. The molecule has 6 heteroatoms. The molecule has 24 heavy (non-hydrogen) atoms. The molecule has 0 unspecified atom stereocenters. The third-order valence-corrected chi connectivity index (χ3v) is 4.53. The van der Waals surface area contributed by atoms with Crippen LogP contribution < -0.4 is 10.6 Å². The lowest BCUT2D eigenvalue weighted by Crippen LogP contribution is -2.69. The highest BCUT2D eigenvalue weighted by atomic mass is 16.5. The average molecular weight is 330 g/mol. The molecule has 2 aliphatic rings. The molecule has 0 radical (unpaired) electrons. The number of hydrogen-bond acceptors (Lipinski definition) is 4. The van der Waals surface area contributed by atoms with Crippen LogP contribution in [0.25, 0.3) is 0 Å². The molecule has 2 amide bonds. The van der Waals surface area contributed by atoms with Crippen LogP contribution in [0, 0.1) is 0 Å². The second kappa shape index (κ2) is 7.57. The van der Waals surface area contributed by atoms with Gasteiger partial charge in [0.05, 0.1) is 12.5 Å². The third kappa shape index (κ3) is 4.00. The van der Waals surface area contributed by atoms with Gasteiger partial charge in [-0.1, -0.05) is 30.3 Å². The van der Waals surface area contributed by atoms with Gasteiger partial charge < -0.3 is 15.4 Å². The van der Waals surface area contributed by atoms with Crippen LogP contribution >= 0.6 is 0 Å². The quantitative estimate of drug-likeness (QED) is 0.722. The number of hydrogen-bond donors (Lipinski definition) is 2. The molecule has 2 aliphatic heterocycles. The molecule has 3 atom stereocenters. The van der Waals surface area contributed by atoms with Crippen molar-refractivity contribution in [1.82, 2.24) is 10.6 Å². The van der Waals surface area contributed by atoms with Gasteiger partial charge in [-0.25, -0.2) is 0 Å². The van der Waals surface area contributed by atoms with Crippen LogP contribution in [-0.2, 0) is 25.5 Å². The van der Waals surface area contributed by atoms with E-state index in [1.807, 2.05) is 30.3 Å². The SMILES string of the molecule is O=C(Cc1ccccc1)N[C@@H]1C(=O)N[C@@H]1CCC(=O)[C@@H]1CCCO1. The van der Waals surface area contributed by atoms with Crippen molar-refractivity contribution in [1.29, 1.82) is 0 Å². The molecule has 6 nitrogen and oxygen atoms in total. The Labute approximate surface area is 140 Å². The first kappa shape index (κ1) is 16.6. The van der Waals surface area contributed by atoms with Gasteiger partial charge in [-0.3, -0.25) is 14.4 Å². The van der Waals surface area contributed by atoms with Crippen LogP contribution in [0.3, 0.4) is 0 Å². The molecule has 0 aliphatic carbocycles. The van der Waals surface area contributed by atoms with E-state index in [4.69, 9.17) is 4.74 Å². The Kier molecular flexibility index (Phi) is 5.25. The van der Waals surface area contributed by atoms with Gasteiger partial charge in [-0.05, 0) is 24.8 Å². The highest BCUT2D eigenvalue weighted by Crippen LogP contribution is 2.18. The smallest absolute Gasteiger partial charge is 0.245 e. The average Bonchev–Trinajstić information content (AvgIpc) is 3.12. The maximum atomic E-state index is 12.1. The Morgan fingerprint density at radius 1 is 1.25 bits per heavy atom. The Balaban J connectivity index is 1.45. The first-order valence-corrected chi connectivity index (χ1v) is 8.41. The summed E-state index contributed by atoms with van der Waals surface area (Å²) < 4.78 is 5.37. The molecule has 0 aromatic heterocycles. The maximum Gasteiger partial charge on any atom is 0.245 e. The zero-order valence-electron chi connectivity index (χ0n) is 13.5. The van der Waals surface area contributed by atoms with Crippen LogP contribution in [0.4, 0.5) is 0 Å². The van der Waals surface area contributed by atoms with E-state index in [1.165, 1.54) is 0 Å². The van der Waals surface area contributed by atoms with Gasteiger partial charge in [-0.2, -0.15) is 0 Å². The van der Waals surface area contributed by atoms with Crippen molar-refractivity contribution < 1.29 is 19.1 Å². The number of ether oxygens (including phenoxy) is 1. The summed E-state index contributed by atoms with van der Waals surface area (Å²) in [6, 6.07) is 8.66. The third-order valence-electron chi connectivity index (χ3n) is 4.53. The van der Waals surface area contributed by atoms with Gasteiger partial charge in [-0.15, -0.1) is 0 Å². The summed E-state index contributed by atoms with van der Waals surface area (Å²) in [6.07, 6.45) is 2.56. The summed E-state index contributed by atoms with van der Waals surface area (Å²) in [5.41, 5.74) is 0.903. The number of carbonyl (C=O) groups excluding carboxylic acids is 3. The van der Waals surface area contributed by atoms with E-state index < -0.39 is 6.04 Å². The topological polar surface area (TPSA) is 84.5 Å².